The Hall–Kier alpha value is -2.38. The predicted octanol–water partition coefficient (Wildman–Crippen LogP) is 4.26. The van der Waals surface area contributed by atoms with Crippen molar-refractivity contribution in [3.05, 3.63) is 58.7 Å². The molecule has 0 fully saturated rings. The zero-order valence-corrected chi connectivity index (χ0v) is 14.4. The largest absolute Gasteiger partial charge is 0.507 e. The van der Waals surface area contributed by atoms with Gasteiger partial charge in [0.05, 0.1) is 0 Å². The molecule has 3 nitrogen and oxygen atoms in total. The van der Waals surface area contributed by atoms with Crippen LogP contribution in [0.25, 0.3) is 0 Å². The van der Waals surface area contributed by atoms with Gasteiger partial charge in [0, 0.05) is 16.0 Å². The monoisotopic (exact) mass is 338 g/mol. The smallest absolute Gasteiger partial charge is 0.339 e. The van der Waals surface area contributed by atoms with Crippen molar-refractivity contribution in [1.29, 1.82) is 0 Å². The van der Waals surface area contributed by atoms with Crippen LogP contribution < -0.4 is 0 Å². The van der Waals surface area contributed by atoms with Crippen LogP contribution in [-0.2, 0) is 5.41 Å². The summed E-state index contributed by atoms with van der Waals surface area (Å²) in [7, 11) is 0. The van der Waals surface area contributed by atoms with Gasteiger partial charge in [0.2, 0.25) is 0 Å². The molecular formula is C20H18O3S. The Morgan fingerprint density at radius 3 is 2.46 bits per heavy atom. The number of carboxylic acid groups (broad SMARTS) is 1. The number of hydrogen-bond acceptors (Lipinski definition) is 3. The molecule has 4 heteroatoms. The Bertz CT molecular complexity index is 872. The van der Waals surface area contributed by atoms with E-state index in [2.05, 4.69) is 37.8 Å². The first kappa shape index (κ1) is 16.5. The van der Waals surface area contributed by atoms with E-state index in [9.17, 15) is 9.90 Å². The Balaban J connectivity index is 1.92. The number of benzene rings is 2. The number of aromatic hydroxyl groups is 1. The molecule has 0 spiro atoms. The molecule has 2 N–H and O–H groups in total. The minimum absolute atomic E-state index is 0.117. The lowest BCUT2D eigenvalue weighted by molar-refractivity contribution is 0.0693. The molecule has 0 aromatic heterocycles. The fourth-order valence-electron chi connectivity index (χ4n) is 2.75. The molecule has 0 amide bonds. The van der Waals surface area contributed by atoms with Crippen LogP contribution in [0.1, 0.15) is 47.3 Å². The first-order valence-corrected chi connectivity index (χ1v) is 8.71. The molecule has 24 heavy (non-hydrogen) atoms. The average Bonchev–Trinajstić information content (AvgIpc) is 2.52. The van der Waals surface area contributed by atoms with Crippen molar-refractivity contribution in [2.24, 2.45) is 0 Å². The summed E-state index contributed by atoms with van der Waals surface area (Å²) in [5.41, 5.74) is 2.87. The second kappa shape index (κ2) is 6.26. The van der Waals surface area contributed by atoms with Gasteiger partial charge in [0.25, 0.3) is 0 Å². The molecule has 0 radical (unpaired) electrons. The molecule has 0 atom stereocenters. The molecule has 3 rings (SSSR count). The van der Waals surface area contributed by atoms with E-state index < -0.39 is 5.97 Å². The lowest BCUT2D eigenvalue weighted by Crippen LogP contribution is -2.22. The number of aromatic carboxylic acids is 1. The Kier molecular flexibility index (Phi) is 4.29. The van der Waals surface area contributed by atoms with Gasteiger partial charge in [-0.2, -0.15) is 0 Å². The molecule has 2 aromatic carbocycles. The maximum absolute atomic E-state index is 10.9. The van der Waals surface area contributed by atoms with Crippen LogP contribution in [0.4, 0.5) is 0 Å². The highest BCUT2D eigenvalue weighted by atomic mass is 32.2. The summed E-state index contributed by atoms with van der Waals surface area (Å²) in [4.78, 5) is 12.2. The third-order valence-electron chi connectivity index (χ3n) is 4.27. The van der Waals surface area contributed by atoms with Crippen LogP contribution in [-0.4, -0.2) is 21.9 Å². The molecule has 0 saturated heterocycles. The van der Waals surface area contributed by atoms with Gasteiger partial charge in [0.15, 0.2) is 0 Å². The Labute approximate surface area is 145 Å². The van der Waals surface area contributed by atoms with E-state index >= 15 is 0 Å². The molecule has 0 unspecified atom stereocenters. The van der Waals surface area contributed by atoms with Crippen LogP contribution in [0.15, 0.2) is 41.3 Å². The van der Waals surface area contributed by atoms with E-state index in [-0.39, 0.29) is 16.7 Å². The highest BCUT2D eigenvalue weighted by Gasteiger charge is 2.27. The molecule has 1 heterocycles. The van der Waals surface area contributed by atoms with Crippen LogP contribution in [0, 0.1) is 11.8 Å². The minimum Gasteiger partial charge on any atom is -0.507 e. The number of carboxylic acids is 1. The molecule has 0 aliphatic carbocycles. The maximum atomic E-state index is 10.9. The van der Waals surface area contributed by atoms with Crippen LogP contribution in [0.5, 0.6) is 5.75 Å². The summed E-state index contributed by atoms with van der Waals surface area (Å²) >= 11 is 1.88. The van der Waals surface area contributed by atoms with E-state index in [0.717, 1.165) is 17.7 Å². The molecule has 2 aromatic rings. The van der Waals surface area contributed by atoms with Gasteiger partial charge < -0.3 is 10.2 Å². The van der Waals surface area contributed by atoms with E-state index in [0.29, 0.717) is 5.56 Å². The van der Waals surface area contributed by atoms with Crippen molar-refractivity contribution in [3.8, 4) is 17.6 Å². The average molecular weight is 338 g/mol. The van der Waals surface area contributed by atoms with E-state index in [1.807, 2.05) is 17.8 Å². The second-order valence-electron chi connectivity index (χ2n) is 6.48. The van der Waals surface area contributed by atoms with E-state index in [4.69, 9.17) is 5.11 Å². The van der Waals surface area contributed by atoms with E-state index in [1.165, 1.54) is 22.6 Å². The zero-order chi connectivity index (χ0) is 17.3. The summed E-state index contributed by atoms with van der Waals surface area (Å²) in [6.45, 7) is 4.51. The minimum atomic E-state index is -1.15. The standard InChI is InChI=1S/C20H18O3S/c1-20(2)9-10-24-18-8-6-13(11-16(18)20)3-4-14-5-7-15(19(22)23)17(21)12-14/h5-8,11-12,21H,9-10H2,1-2H3,(H,22,23). The van der Waals surface area contributed by atoms with Gasteiger partial charge in [0.1, 0.15) is 11.3 Å². The highest BCUT2D eigenvalue weighted by Crippen LogP contribution is 2.41. The van der Waals surface area contributed by atoms with Crippen molar-refractivity contribution in [2.45, 2.75) is 30.6 Å². The molecule has 1 aliphatic heterocycles. The van der Waals surface area contributed by atoms with Gasteiger partial charge in [-0.25, -0.2) is 4.79 Å². The number of hydrogen-bond donors (Lipinski definition) is 2. The number of rotatable bonds is 1. The van der Waals surface area contributed by atoms with Crippen LogP contribution in [0.2, 0.25) is 0 Å². The van der Waals surface area contributed by atoms with E-state index in [1.54, 1.807) is 6.07 Å². The zero-order valence-electron chi connectivity index (χ0n) is 13.6. The van der Waals surface area contributed by atoms with Crippen molar-refractivity contribution in [2.75, 3.05) is 5.75 Å². The predicted molar refractivity (Wildman–Crippen MR) is 95.9 cm³/mol. The van der Waals surface area contributed by atoms with Gasteiger partial charge in [-0.1, -0.05) is 25.7 Å². The van der Waals surface area contributed by atoms with Gasteiger partial charge >= 0.3 is 5.97 Å². The number of phenols is 1. The summed E-state index contributed by atoms with van der Waals surface area (Å²) in [6.07, 6.45) is 1.14. The number of thioether (sulfide) groups is 1. The van der Waals surface area contributed by atoms with Crippen molar-refractivity contribution < 1.29 is 15.0 Å². The quantitative estimate of drug-likeness (QED) is 0.763. The molecular weight excluding hydrogens is 320 g/mol. The molecule has 1 aliphatic rings. The van der Waals surface area contributed by atoms with Crippen LogP contribution >= 0.6 is 11.8 Å². The second-order valence-corrected chi connectivity index (χ2v) is 7.62. The summed E-state index contributed by atoms with van der Waals surface area (Å²) < 4.78 is 0. The van der Waals surface area contributed by atoms with Crippen molar-refractivity contribution in [1.82, 2.24) is 0 Å². The van der Waals surface area contributed by atoms with Crippen LogP contribution in [0.3, 0.4) is 0 Å². The molecule has 0 bridgehead atoms. The summed E-state index contributed by atoms with van der Waals surface area (Å²) in [5.74, 6) is 5.82. The lowest BCUT2D eigenvalue weighted by atomic mass is 9.81. The maximum Gasteiger partial charge on any atom is 0.339 e. The Morgan fingerprint density at radius 2 is 1.79 bits per heavy atom. The summed E-state index contributed by atoms with van der Waals surface area (Å²) in [5, 5.41) is 18.7. The molecule has 0 saturated carbocycles. The normalized spacial score (nSPS) is 15.1. The number of fused-ring (bicyclic) bond motifs is 1. The van der Waals surface area contributed by atoms with Gasteiger partial charge in [-0.05, 0) is 59.6 Å². The third-order valence-corrected chi connectivity index (χ3v) is 5.35. The summed E-state index contributed by atoms with van der Waals surface area (Å²) in [6, 6.07) is 10.6. The topological polar surface area (TPSA) is 57.5 Å². The number of carbonyl (C=O) groups is 1. The third kappa shape index (κ3) is 3.27. The van der Waals surface area contributed by atoms with Crippen molar-refractivity contribution in [3.63, 3.8) is 0 Å². The highest BCUT2D eigenvalue weighted by molar-refractivity contribution is 7.99. The van der Waals surface area contributed by atoms with Crippen molar-refractivity contribution >= 4 is 17.7 Å². The Morgan fingerprint density at radius 1 is 1.12 bits per heavy atom. The first-order chi connectivity index (χ1) is 11.4. The van der Waals surface area contributed by atoms with Gasteiger partial charge in [-0.15, -0.1) is 11.8 Å². The fourth-order valence-corrected chi connectivity index (χ4v) is 4.24. The molecule has 122 valence electrons. The lowest BCUT2D eigenvalue weighted by Gasteiger charge is -2.32. The SMILES string of the molecule is CC1(C)CCSc2ccc(C#Cc3ccc(C(=O)O)c(O)c3)cc21. The first-order valence-electron chi connectivity index (χ1n) is 7.72. The fraction of sp³-hybridized carbons (Fsp3) is 0.250. The van der Waals surface area contributed by atoms with Gasteiger partial charge in [-0.3, -0.25) is 0 Å².